The fraction of sp³-hybridized carbons (Fsp3) is 0.545. The highest BCUT2D eigenvalue weighted by Crippen LogP contribution is 2.25. The largest absolute Gasteiger partial charge is 0.396 e. The predicted molar refractivity (Wildman–Crippen MR) is 72.6 cm³/mol. The van der Waals surface area contributed by atoms with Crippen LogP contribution in [0.15, 0.2) is 16.7 Å². The Morgan fingerprint density at radius 1 is 1.67 bits per heavy atom. The van der Waals surface area contributed by atoms with Crippen LogP contribution in [0.25, 0.3) is 0 Å². The minimum absolute atomic E-state index is 0.0421. The van der Waals surface area contributed by atoms with Crippen molar-refractivity contribution in [2.24, 2.45) is 5.92 Å². The first-order chi connectivity index (χ1) is 8.54. The average molecular weight is 318 g/mol. The summed E-state index contributed by atoms with van der Waals surface area (Å²) in [6.07, 6.45) is 3.22. The summed E-state index contributed by atoms with van der Waals surface area (Å²) in [5.41, 5.74) is -0.0421. The van der Waals surface area contributed by atoms with E-state index in [4.69, 9.17) is 5.11 Å². The smallest absolute Gasteiger partial charge is 0.312 e. The van der Waals surface area contributed by atoms with E-state index in [0.717, 1.165) is 12.8 Å². The molecule has 1 atom stereocenters. The Hall–Kier alpha value is -1.21. The molecule has 1 rings (SSSR count). The summed E-state index contributed by atoms with van der Waals surface area (Å²) in [5.74, 6) is 0.527. The van der Waals surface area contributed by atoms with Crippen LogP contribution in [0.5, 0.6) is 0 Å². The van der Waals surface area contributed by atoms with E-state index in [-0.39, 0.29) is 24.0 Å². The highest BCUT2D eigenvalue weighted by molar-refractivity contribution is 9.10. The summed E-state index contributed by atoms with van der Waals surface area (Å²) in [6.45, 7) is 2.72. The third-order valence-electron chi connectivity index (χ3n) is 2.51. The molecule has 0 aliphatic carbocycles. The number of aromatic nitrogens is 1. The van der Waals surface area contributed by atoms with E-state index in [0.29, 0.717) is 11.0 Å². The van der Waals surface area contributed by atoms with Gasteiger partial charge in [-0.1, -0.05) is 6.92 Å². The monoisotopic (exact) mass is 317 g/mol. The van der Waals surface area contributed by atoms with Crippen molar-refractivity contribution in [2.45, 2.75) is 19.8 Å². The van der Waals surface area contributed by atoms with Crippen molar-refractivity contribution in [1.82, 2.24) is 4.98 Å². The highest BCUT2D eigenvalue weighted by atomic mass is 79.9. The van der Waals surface area contributed by atoms with Crippen LogP contribution in [-0.2, 0) is 0 Å². The van der Waals surface area contributed by atoms with Crippen LogP contribution < -0.4 is 5.32 Å². The molecule has 0 aromatic carbocycles. The van der Waals surface area contributed by atoms with Gasteiger partial charge in [-0.3, -0.25) is 10.1 Å². The lowest BCUT2D eigenvalue weighted by atomic mass is 10.1. The van der Waals surface area contributed by atoms with Gasteiger partial charge in [-0.15, -0.1) is 0 Å². The van der Waals surface area contributed by atoms with Gasteiger partial charge in [0.15, 0.2) is 0 Å². The second kappa shape index (κ2) is 7.27. The Morgan fingerprint density at radius 3 is 3.00 bits per heavy atom. The molecule has 7 heteroatoms. The first kappa shape index (κ1) is 14.8. The van der Waals surface area contributed by atoms with Gasteiger partial charge in [0.05, 0.1) is 4.92 Å². The third kappa shape index (κ3) is 4.58. The molecule has 1 aromatic heterocycles. The van der Waals surface area contributed by atoms with Crippen LogP contribution in [0.1, 0.15) is 19.8 Å². The van der Waals surface area contributed by atoms with E-state index in [2.05, 4.69) is 26.2 Å². The zero-order valence-corrected chi connectivity index (χ0v) is 11.7. The molecular formula is C11H16BrN3O3. The number of anilines is 1. The number of hydrogen-bond acceptors (Lipinski definition) is 5. The summed E-state index contributed by atoms with van der Waals surface area (Å²) in [6, 6.07) is 1.42. The average Bonchev–Trinajstić information content (AvgIpc) is 2.35. The maximum Gasteiger partial charge on any atom is 0.312 e. The fourth-order valence-corrected chi connectivity index (χ4v) is 1.77. The Labute approximate surface area is 114 Å². The molecule has 1 heterocycles. The lowest BCUT2D eigenvalue weighted by molar-refractivity contribution is -0.384. The van der Waals surface area contributed by atoms with Crippen LogP contribution in [0, 0.1) is 16.0 Å². The van der Waals surface area contributed by atoms with E-state index in [1.165, 1.54) is 12.3 Å². The summed E-state index contributed by atoms with van der Waals surface area (Å²) >= 11 is 3.15. The molecule has 0 fully saturated rings. The summed E-state index contributed by atoms with van der Waals surface area (Å²) < 4.78 is 0.577. The van der Waals surface area contributed by atoms with Gasteiger partial charge >= 0.3 is 5.69 Å². The van der Waals surface area contributed by atoms with Crippen molar-refractivity contribution in [3.05, 3.63) is 26.9 Å². The highest BCUT2D eigenvalue weighted by Gasteiger charge is 2.15. The fourth-order valence-electron chi connectivity index (χ4n) is 1.45. The Kier molecular flexibility index (Phi) is 6.00. The first-order valence-corrected chi connectivity index (χ1v) is 6.48. The van der Waals surface area contributed by atoms with Gasteiger partial charge in [0.1, 0.15) is 0 Å². The molecule has 0 spiro atoms. The maximum atomic E-state index is 10.8. The van der Waals surface area contributed by atoms with Crippen molar-refractivity contribution in [3.63, 3.8) is 0 Å². The van der Waals surface area contributed by atoms with Crippen molar-refractivity contribution in [2.75, 3.05) is 18.5 Å². The molecule has 0 aliphatic heterocycles. The minimum atomic E-state index is -0.462. The molecule has 6 nitrogen and oxygen atoms in total. The molecular weight excluding hydrogens is 302 g/mol. The van der Waals surface area contributed by atoms with Crippen molar-refractivity contribution < 1.29 is 10.0 Å². The van der Waals surface area contributed by atoms with Crippen molar-refractivity contribution in [1.29, 1.82) is 0 Å². The van der Waals surface area contributed by atoms with Crippen LogP contribution in [0.3, 0.4) is 0 Å². The molecule has 2 N–H and O–H groups in total. The maximum absolute atomic E-state index is 10.8. The van der Waals surface area contributed by atoms with E-state index >= 15 is 0 Å². The van der Waals surface area contributed by atoms with E-state index in [9.17, 15) is 10.1 Å². The number of aliphatic hydroxyl groups excluding tert-OH is 1. The zero-order chi connectivity index (χ0) is 13.5. The summed E-state index contributed by atoms with van der Waals surface area (Å²) in [5, 5.41) is 22.7. The quantitative estimate of drug-likeness (QED) is 0.458. The van der Waals surface area contributed by atoms with Gasteiger partial charge in [-0.05, 0) is 34.7 Å². The molecule has 0 saturated heterocycles. The Bertz CT molecular complexity index is 415. The molecule has 0 aliphatic rings. The number of nitro groups is 1. The van der Waals surface area contributed by atoms with Crippen LogP contribution >= 0.6 is 15.9 Å². The second-order valence-corrected chi connectivity index (χ2v) is 5.05. The predicted octanol–water partition coefficient (Wildman–Crippen LogP) is 2.57. The number of aliphatic hydroxyl groups is 1. The molecule has 100 valence electrons. The molecule has 1 unspecified atom stereocenters. The van der Waals surface area contributed by atoms with E-state index in [1.54, 1.807) is 0 Å². The van der Waals surface area contributed by atoms with Crippen LogP contribution in [0.4, 0.5) is 11.5 Å². The number of rotatable bonds is 7. The molecule has 0 amide bonds. The topological polar surface area (TPSA) is 88.3 Å². The molecule has 18 heavy (non-hydrogen) atoms. The van der Waals surface area contributed by atoms with Gasteiger partial charge in [0.25, 0.3) is 0 Å². The first-order valence-electron chi connectivity index (χ1n) is 5.69. The molecule has 0 radical (unpaired) electrons. The number of nitrogens with zero attached hydrogens (tertiary/aromatic N) is 2. The third-order valence-corrected chi connectivity index (χ3v) is 2.94. The Balaban J connectivity index is 2.54. The molecule has 1 aromatic rings. The van der Waals surface area contributed by atoms with Gasteiger partial charge in [0.2, 0.25) is 5.82 Å². The van der Waals surface area contributed by atoms with Gasteiger partial charge < -0.3 is 10.4 Å². The van der Waals surface area contributed by atoms with Crippen LogP contribution in [-0.4, -0.2) is 28.2 Å². The lowest BCUT2D eigenvalue weighted by Gasteiger charge is -2.09. The number of hydrogen-bond donors (Lipinski definition) is 2. The lowest BCUT2D eigenvalue weighted by Crippen LogP contribution is -2.09. The van der Waals surface area contributed by atoms with Crippen molar-refractivity contribution in [3.8, 4) is 0 Å². The summed E-state index contributed by atoms with van der Waals surface area (Å²) in [7, 11) is 0. The van der Waals surface area contributed by atoms with Crippen LogP contribution in [0.2, 0.25) is 0 Å². The number of halogens is 1. The van der Waals surface area contributed by atoms with Gasteiger partial charge in [0, 0.05) is 29.9 Å². The molecule has 0 saturated carbocycles. The Morgan fingerprint density at radius 2 is 2.39 bits per heavy atom. The van der Waals surface area contributed by atoms with Gasteiger partial charge in [-0.25, -0.2) is 4.98 Å². The zero-order valence-electron chi connectivity index (χ0n) is 10.1. The standard InChI is InChI=1S/C11H16BrN3O3/c1-8(7-16)3-2-4-13-11-10(15(17)18)5-9(12)6-14-11/h5-6,8,16H,2-4,7H2,1H3,(H,13,14). The van der Waals surface area contributed by atoms with Crippen molar-refractivity contribution >= 4 is 27.4 Å². The normalized spacial score (nSPS) is 12.2. The second-order valence-electron chi connectivity index (χ2n) is 4.14. The molecule has 0 bridgehead atoms. The van der Waals surface area contributed by atoms with E-state index in [1.807, 2.05) is 6.92 Å². The number of nitrogens with one attached hydrogen (secondary N) is 1. The SMILES string of the molecule is CC(CO)CCCNc1ncc(Br)cc1[N+](=O)[O-]. The number of pyridine rings is 1. The minimum Gasteiger partial charge on any atom is -0.396 e. The summed E-state index contributed by atoms with van der Waals surface area (Å²) in [4.78, 5) is 14.4. The van der Waals surface area contributed by atoms with E-state index < -0.39 is 4.92 Å². The van der Waals surface area contributed by atoms with Gasteiger partial charge in [-0.2, -0.15) is 0 Å².